The van der Waals surface area contributed by atoms with Gasteiger partial charge in [0, 0.05) is 26.1 Å². The Morgan fingerprint density at radius 2 is 2.29 bits per heavy atom. The standard InChI is InChI=1S/C11H20N2O/c1-12-5-2-3-10(7-12)8-13-6-4-11(14)9-13/h10H,2-9H2,1H3. The molecule has 0 amide bonds. The Morgan fingerprint density at radius 3 is 2.93 bits per heavy atom. The molecular weight excluding hydrogens is 176 g/mol. The molecule has 2 aliphatic heterocycles. The van der Waals surface area contributed by atoms with Gasteiger partial charge in [0.25, 0.3) is 0 Å². The first-order valence-electron chi connectivity index (χ1n) is 5.66. The Labute approximate surface area is 86.1 Å². The maximum absolute atomic E-state index is 11.1. The fraction of sp³-hybridized carbons (Fsp3) is 0.909. The Balaban J connectivity index is 1.76. The largest absolute Gasteiger partial charge is 0.306 e. The zero-order valence-corrected chi connectivity index (χ0v) is 9.04. The van der Waals surface area contributed by atoms with Crippen LogP contribution < -0.4 is 0 Å². The zero-order valence-electron chi connectivity index (χ0n) is 9.04. The van der Waals surface area contributed by atoms with Crippen molar-refractivity contribution in [2.45, 2.75) is 19.3 Å². The van der Waals surface area contributed by atoms with Crippen LogP contribution in [0.3, 0.4) is 0 Å². The summed E-state index contributed by atoms with van der Waals surface area (Å²) in [6.45, 7) is 5.30. The highest BCUT2D eigenvalue weighted by Gasteiger charge is 2.24. The van der Waals surface area contributed by atoms with Crippen LogP contribution in [0.2, 0.25) is 0 Å². The second-order valence-electron chi connectivity index (χ2n) is 4.79. The van der Waals surface area contributed by atoms with Gasteiger partial charge < -0.3 is 4.90 Å². The van der Waals surface area contributed by atoms with Crippen molar-refractivity contribution < 1.29 is 4.79 Å². The van der Waals surface area contributed by atoms with Gasteiger partial charge in [0.05, 0.1) is 6.54 Å². The van der Waals surface area contributed by atoms with E-state index in [4.69, 9.17) is 0 Å². The normalized spacial score (nSPS) is 31.2. The molecule has 3 nitrogen and oxygen atoms in total. The molecule has 0 N–H and O–H groups in total. The summed E-state index contributed by atoms with van der Waals surface area (Å²) in [4.78, 5) is 15.8. The van der Waals surface area contributed by atoms with Crippen LogP contribution in [-0.2, 0) is 4.79 Å². The summed E-state index contributed by atoms with van der Waals surface area (Å²) < 4.78 is 0. The number of hydrogen-bond acceptors (Lipinski definition) is 3. The van der Waals surface area contributed by atoms with E-state index in [1.54, 1.807) is 0 Å². The van der Waals surface area contributed by atoms with Crippen LogP contribution in [0.4, 0.5) is 0 Å². The molecule has 1 atom stereocenters. The molecule has 2 heterocycles. The van der Waals surface area contributed by atoms with Crippen LogP contribution in [0.15, 0.2) is 0 Å². The van der Waals surface area contributed by atoms with Gasteiger partial charge >= 0.3 is 0 Å². The van der Waals surface area contributed by atoms with E-state index in [9.17, 15) is 4.79 Å². The number of carbonyl (C=O) groups is 1. The van der Waals surface area contributed by atoms with Gasteiger partial charge in [-0.05, 0) is 32.4 Å². The number of piperidine rings is 1. The summed E-state index contributed by atoms with van der Waals surface area (Å²) in [6, 6.07) is 0. The van der Waals surface area contributed by atoms with Gasteiger partial charge in [-0.2, -0.15) is 0 Å². The Morgan fingerprint density at radius 1 is 1.43 bits per heavy atom. The van der Waals surface area contributed by atoms with E-state index in [1.165, 1.54) is 25.9 Å². The molecule has 0 aromatic heterocycles. The highest BCUT2D eigenvalue weighted by atomic mass is 16.1. The van der Waals surface area contributed by atoms with Crippen LogP contribution in [0.1, 0.15) is 19.3 Å². The molecule has 2 saturated heterocycles. The molecule has 0 saturated carbocycles. The van der Waals surface area contributed by atoms with Crippen LogP contribution in [0.5, 0.6) is 0 Å². The van der Waals surface area contributed by atoms with Crippen molar-refractivity contribution in [2.75, 3.05) is 39.8 Å². The van der Waals surface area contributed by atoms with Gasteiger partial charge in [0.1, 0.15) is 5.78 Å². The molecule has 0 spiro atoms. The summed E-state index contributed by atoms with van der Waals surface area (Å²) in [6.07, 6.45) is 3.44. The van der Waals surface area contributed by atoms with Crippen molar-refractivity contribution in [1.29, 1.82) is 0 Å². The lowest BCUT2D eigenvalue weighted by atomic mass is 9.98. The number of ketones is 1. The molecule has 0 aromatic rings. The second-order valence-corrected chi connectivity index (χ2v) is 4.79. The highest BCUT2D eigenvalue weighted by molar-refractivity contribution is 5.82. The van der Waals surface area contributed by atoms with Crippen LogP contribution >= 0.6 is 0 Å². The molecule has 2 rings (SSSR count). The monoisotopic (exact) mass is 196 g/mol. The highest BCUT2D eigenvalue weighted by Crippen LogP contribution is 2.17. The van der Waals surface area contributed by atoms with Crippen LogP contribution in [0, 0.1) is 5.92 Å². The Kier molecular flexibility index (Phi) is 3.19. The van der Waals surface area contributed by atoms with Gasteiger partial charge in [-0.3, -0.25) is 9.69 Å². The first-order chi connectivity index (χ1) is 6.74. The number of nitrogens with zero attached hydrogens (tertiary/aromatic N) is 2. The molecule has 2 aliphatic rings. The minimum atomic E-state index is 0.425. The molecule has 14 heavy (non-hydrogen) atoms. The quantitative estimate of drug-likeness (QED) is 0.646. The Hall–Kier alpha value is -0.410. The first kappa shape index (κ1) is 10.1. The van der Waals surface area contributed by atoms with Crippen molar-refractivity contribution in [3.8, 4) is 0 Å². The average molecular weight is 196 g/mol. The minimum Gasteiger partial charge on any atom is -0.306 e. The molecular formula is C11H20N2O. The molecule has 0 aromatic carbocycles. The third-order valence-corrected chi connectivity index (χ3v) is 3.35. The number of carbonyl (C=O) groups excluding carboxylic acids is 1. The topological polar surface area (TPSA) is 23.6 Å². The summed E-state index contributed by atoms with van der Waals surface area (Å²) in [5.41, 5.74) is 0. The van der Waals surface area contributed by atoms with Crippen molar-refractivity contribution in [2.24, 2.45) is 5.92 Å². The molecule has 3 heteroatoms. The first-order valence-corrected chi connectivity index (χ1v) is 5.66. The maximum Gasteiger partial charge on any atom is 0.148 e. The predicted molar refractivity (Wildman–Crippen MR) is 56.3 cm³/mol. The lowest BCUT2D eigenvalue weighted by Crippen LogP contribution is -2.38. The van der Waals surface area contributed by atoms with E-state index in [0.29, 0.717) is 12.3 Å². The van der Waals surface area contributed by atoms with Crippen molar-refractivity contribution in [3.05, 3.63) is 0 Å². The van der Waals surface area contributed by atoms with Gasteiger partial charge in [-0.15, -0.1) is 0 Å². The second kappa shape index (κ2) is 4.41. The lowest BCUT2D eigenvalue weighted by Gasteiger charge is -2.32. The SMILES string of the molecule is CN1CCCC(CN2CCC(=O)C2)C1. The van der Waals surface area contributed by atoms with Crippen LogP contribution in [-0.4, -0.2) is 55.4 Å². The fourth-order valence-electron chi connectivity index (χ4n) is 2.63. The third kappa shape index (κ3) is 2.55. The molecule has 1 unspecified atom stereocenters. The summed E-state index contributed by atoms with van der Waals surface area (Å²) in [5, 5.41) is 0. The van der Waals surface area contributed by atoms with E-state index < -0.39 is 0 Å². The number of rotatable bonds is 2. The van der Waals surface area contributed by atoms with Gasteiger partial charge in [0.15, 0.2) is 0 Å². The van der Waals surface area contributed by atoms with Gasteiger partial charge in [0.2, 0.25) is 0 Å². The van der Waals surface area contributed by atoms with Gasteiger partial charge in [-0.25, -0.2) is 0 Å². The fourth-order valence-corrected chi connectivity index (χ4v) is 2.63. The van der Waals surface area contributed by atoms with Crippen LogP contribution in [0.25, 0.3) is 0 Å². The van der Waals surface area contributed by atoms with Gasteiger partial charge in [-0.1, -0.05) is 0 Å². The van der Waals surface area contributed by atoms with E-state index >= 15 is 0 Å². The number of hydrogen-bond donors (Lipinski definition) is 0. The molecule has 0 aliphatic carbocycles. The van der Waals surface area contributed by atoms with E-state index in [-0.39, 0.29) is 0 Å². The third-order valence-electron chi connectivity index (χ3n) is 3.35. The molecule has 0 radical (unpaired) electrons. The van der Waals surface area contributed by atoms with E-state index in [2.05, 4.69) is 16.8 Å². The average Bonchev–Trinajstić information content (AvgIpc) is 2.51. The molecule has 80 valence electrons. The van der Waals surface area contributed by atoms with E-state index in [0.717, 1.165) is 25.4 Å². The molecule has 2 fully saturated rings. The van der Waals surface area contributed by atoms with Crippen molar-refractivity contribution >= 4 is 5.78 Å². The minimum absolute atomic E-state index is 0.425. The molecule has 0 bridgehead atoms. The number of Topliss-reactive ketones (excluding diaryl/α,β-unsaturated/α-hetero) is 1. The summed E-state index contributed by atoms with van der Waals surface area (Å²) in [7, 11) is 2.20. The maximum atomic E-state index is 11.1. The smallest absolute Gasteiger partial charge is 0.148 e. The van der Waals surface area contributed by atoms with Crippen molar-refractivity contribution in [3.63, 3.8) is 0 Å². The Bertz CT molecular complexity index is 217. The summed E-state index contributed by atoms with van der Waals surface area (Å²) in [5.74, 6) is 1.22. The number of likely N-dealkylation sites (tertiary alicyclic amines) is 2. The zero-order chi connectivity index (χ0) is 9.97. The predicted octanol–water partition coefficient (Wildman–Crippen LogP) is 0.603. The van der Waals surface area contributed by atoms with Crippen molar-refractivity contribution in [1.82, 2.24) is 9.80 Å². The van der Waals surface area contributed by atoms with E-state index in [1.807, 2.05) is 0 Å². The lowest BCUT2D eigenvalue weighted by molar-refractivity contribution is -0.116. The summed E-state index contributed by atoms with van der Waals surface area (Å²) >= 11 is 0.